The van der Waals surface area contributed by atoms with Gasteiger partial charge in [0.15, 0.2) is 0 Å². The average Bonchev–Trinajstić information content (AvgIpc) is 3.39. The van der Waals surface area contributed by atoms with Gasteiger partial charge in [0, 0.05) is 38.0 Å². The fourth-order valence-corrected chi connectivity index (χ4v) is 3.81. The summed E-state index contributed by atoms with van der Waals surface area (Å²) in [5.74, 6) is 2.06. The Morgan fingerprint density at radius 1 is 0.762 bits per heavy atom. The topological polar surface area (TPSA) is 40.6 Å². The molecule has 3 rings (SSSR count). The molecule has 0 aromatic heterocycles. The summed E-state index contributed by atoms with van der Waals surface area (Å²) < 4.78 is 0. The van der Waals surface area contributed by atoms with E-state index in [-0.39, 0.29) is 5.92 Å². The van der Waals surface area contributed by atoms with Gasteiger partial charge in [0.1, 0.15) is 0 Å². The molecule has 0 aromatic rings. The van der Waals surface area contributed by atoms with E-state index in [1.807, 2.05) is 9.80 Å². The highest BCUT2D eigenvalue weighted by molar-refractivity contribution is 5.82. The molecular formula is C17H28N2O2. The van der Waals surface area contributed by atoms with Crippen molar-refractivity contribution in [2.75, 3.05) is 26.2 Å². The van der Waals surface area contributed by atoms with Crippen LogP contribution in [0.15, 0.2) is 0 Å². The van der Waals surface area contributed by atoms with Crippen LogP contribution in [-0.4, -0.2) is 47.8 Å². The molecule has 0 atom stereocenters. The highest BCUT2D eigenvalue weighted by Crippen LogP contribution is 2.33. The fourth-order valence-electron chi connectivity index (χ4n) is 3.81. The largest absolute Gasteiger partial charge is 0.339 e. The van der Waals surface area contributed by atoms with Gasteiger partial charge in [-0.05, 0) is 44.4 Å². The van der Waals surface area contributed by atoms with Crippen molar-refractivity contribution in [3.8, 4) is 0 Å². The van der Waals surface area contributed by atoms with Crippen molar-refractivity contribution < 1.29 is 9.59 Å². The molecule has 4 heteroatoms. The average molecular weight is 292 g/mol. The van der Waals surface area contributed by atoms with E-state index >= 15 is 0 Å². The number of hydrogen-bond acceptors (Lipinski definition) is 2. The van der Waals surface area contributed by atoms with Gasteiger partial charge in [-0.15, -0.1) is 0 Å². The third-order valence-electron chi connectivity index (χ3n) is 5.60. The molecule has 1 heterocycles. The summed E-state index contributed by atoms with van der Waals surface area (Å²) in [7, 11) is 0. The van der Waals surface area contributed by atoms with Gasteiger partial charge >= 0.3 is 0 Å². The lowest BCUT2D eigenvalue weighted by Gasteiger charge is -2.38. The van der Waals surface area contributed by atoms with Crippen LogP contribution in [0.25, 0.3) is 0 Å². The third kappa shape index (κ3) is 3.41. The second kappa shape index (κ2) is 6.37. The van der Waals surface area contributed by atoms with Crippen LogP contribution in [0.3, 0.4) is 0 Å². The van der Waals surface area contributed by atoms with Gasteiger partial charge < -0.3 is 9.80 Å². The number of rotatable bonds is 3. The normalized spacial score (nSPS) is 30.3. The molecule has 1 aliphatic heterocycles. The van der Waals surface area contributed by atoms with Crippen molar-refractivity contribution in [3.05, 3.63) is 0 Å². The molecule has 2 aliphatic carbocycles. The molecule has 0 radical (unpaired) electrons. The Kier molecular flexibility index (Phi) is 4.51. The van der Waals surface area contributed by atoms with Gasteiger partial charge in [-0.1, -0.05) is 13.3 Å². The summed E-state index contributed by atoms with van der Waals surface area (Å²) in [5.41, 5.74) is 0. The van der Waals surface area contributed by atoms with Gasteiger partial charge in [-0.2, -0.15) is 0 Å². The Hall–Kier alpha value is -1.06. The summed E-state index contributed by atoms with van der Waals surface area (Å²) in [5, 5.41) is 0. The Labute approximate surface area is 127 Å². The maximum absolute atomic E-state index is 12.6. The minimum absolute atomic E-state index is 0.249. The Morgan fingerprint density at radius 2 is 1.14 bits per heavy atom. The second-order valence-electron chi connectivity index (χ2n) is 7.05. The van der Waals surface area contributed by atoms with Gasteiger partial charge in [0.25, 0.3) is 0 Å². The monoisotopic (exact) mass is 292 g/mol. The zero-order valence-electron chi connectivity index (χ0n) is 13.2. The van der Waals surface area contributed by atoms with E-state index in [1.165, 1.54) is 19.3 Å². The lowest BCUT2D eigenvalue weighted by atomic mass is 9.80. The summed E-state index contributed by atoms with van der Waals surface area (Å²) >= 11 is 0. The van der Waals surface area contributed by atoms with Crippen LogP contribution in [0.1, 0.15) is 51.9 Å². The number of piperazine rings is 1. The first kappa shape index (κ1) is 14.9. The number of amides is 2. The summed E-state index contributed by atoms with van der Waals surface area (Å²) in [6, 6.07) is 0. The van der Waals surface area contributed by atoms with Gasteiger partial charge in [0.2, 0.25) is 11.8 Å². The Morgan fingerprint density at radius 3 is 1.48 bits per heavy atom. The predicted octanol–water partition coefficient (Wildman–Crippen LogP) is 2.28. The van der Waals surface area contributed by atoms with Crippen LogP contribution in [0.4, 0.5) is 0 Å². The van der Waals surface area contributed by atoms with Crippen molar-refractivity contribution in [1.82, 2.24) is 9.80 Å². The van der Waals surface area contributed by atoms with Crippen LogP contribution >= 0.6 is 0 Å². The quantitative estimate of drug-likeness (QED) is 0.801. The van der Waals surface area contributed by atoms with E-state index in [4.69, 9.17) is 0 Å². The van der Waals surface area contributed by atoms with Crippen molar-refractivity contribution in [2.24, 2.45) is 17.8 Å². The molecule has 0 N–H and O–H groups in total. The number of hydrogen-bond donors (Lipinski definition) is 0. The lowest BCUT2D eigenvalue weighted by molar-refractivity contribution is -0.143. The zero-order valence-corrected chi connectivity index (χ0v) is 13.2. The molecule has 4 nitrogen and oxygen atoms in total. The van der Waals surface area contributed by atoms with Crippen molar-refractivity contribution in [1.29, 1.82) is 0 Å². The molecule has 2 saturated carbocycles. The number of carbonyl (C=O) groups excluding carboxylic acids is 2. The zero-order chi connectivity index (χ0) is 14.8. The summed E-state index contributed by atoms with van der Waals surface area (Å²) in [4.78, 5) is 28.6. The van der Waals surface area contributed by atoms with Gasteiger partial charge in [-0.3, -0.25) is 9.59 Å². The van der Waals surface area contributed by atoms with Crippen molar-refractivity contribution >= 4 is 11.8 Å². The number of carbonyl (C=O) groups is 2. The molecule has 0 bridgehead atoms. The molecular weight excluding hydrogens is 264 g/mol. The van der Waals surface area contributed by atoms with E-state index in [2.05, 4.69) is 6.92 Å². The van der Waals surface area contributed by atoms with Crippen LogP contribution in [0.5, 0.6) is 0 Å². The molecule has 21 heavy (non-hydrogen) atoms. The molecule has 0 unspecified atom stereocenters. The molecule has 118 valence electrons. The van der Waals surface area contributed by atoms with E-state index in [9.17, 15) is 9.59 Å². The highest BCUT2D eigenvalue weighted by atomic mass is 16.2. The lowest BCUT2D eigenvalue weighted by Crippen LogP contribution is -2.52. The summed E-state index contributed by atoms with van der Waals surface area (Å²) in [6.07, 6.45) is 7.96. The van der Waals surface area contributed by atoms with Gasteiger partial charge in [0.05, 0.1) is 0 Å². The molecule has 3 fully saturated rings. The third-order valence-corrected chi connectivity index (χ3v) is 5.60. The minimum Gasteiger partial charge on any atom is -0.339 e. The van der Waals surface area contributed by atoms with E-state index in [1.54, 1.807) is 0 Å². The first-order chi connectivity index (χ1) is 10.2. The van der Waals surface area contributed by atoms with E-state index in [0.29, 0.717) is 17.7 Å². The maximum atomic E-state index is 12.6. The van der Waals surface area contributed by atoms with Crippen LogP contribution in [0, 0.1) is 17.8 Å². The van der Waals surface area contributed by atoms with Crippen molar-refractivity contribution in [3.63, 3.8) is 0 Å². The maximum Gasteiger partial charge on any atom is 0.225 e. The smallest absolute Gasteiger partial charge is 0.225 e. The van der Waals surface area contributed by atoms with Crippen molar-refractivity contribution in [2.45, 2.75) is 51.9 Å². The minimum atomic E-state index is 0.249. The van der Waals surface area contributed by atoms with Crippen LogP contribution in [0.2, 0.25) is 0 Å². The molecule has 0 spiro atoms. The van der Waals surface area contributed by atoms with Gasteiger partial charge in [-0.25, -0.2) is 0 Å². The fraction of sp³-hybridized carbons (Fsp3) is 0.882. The van der Waals surface area contributed by atoms with E-state index < -0.39 is 0 Å². The Bertz CT molecular complexity index is 390. The number of nitrogens with zero attached hydrogens (tertiary/aromatic N) is 2. The molecule has 0 aromatic carbocycles. The molecule has 3 aliphatic rings. The predicted molar refractivity (Wildman–Crippen MR) is 81.6 cm³/mol. The van der Waals surface area contributed by atoms with Crippen LogP contribution in [-0.2, 0) is 9.59 Å². The SMILES string of the molecule is CCC1CCC(C(=O)N2CCN(C(=O)C3CC3)CC2)CC1. The van der Waals surface area contributed by atoms with E-state index in [0.717, 1.165) is 57.8 Å². The molecule has 1 saturated heterocycles. The summed E-state index contributed by atoms with van der Waals surface area (Å²) in [6.45, 7) is 5.22. The highest BCUT2D eigenvalue weighted by Gasteiger charge is 2.36. The van der Waals surface area contributed by atoms with Crippen LogP contribution < -0.4 is 0 Å². The standard InChI is InChI=1S/C17H28N2O2/c1-2-13-3-5-14(6-4-13)16(20)18-9-11-19(12-10-18)17(21)15-7-8-15/h13-15H,2-12H2,1H3. The Balaban J connectivity index is 1.45. The molecule has 2 amide bonds. The first-order valence-corrected chi connectivity index (χ1v) is 8.76. The second-order valence-corrected chi connectivity index (χ2v) is 7.05. The first-order valence-electron chi connectivity index (χ1n) is 8.76.